The van der Waals surface area contributed by atoms with Crippen molar-refractivity contribution < 1.29 is 23.9 Å². The lowest BCUT2D eigenvalue weighted by molar-refractivity contribution is -0.122. The number of ketones is 1. The average molecular weight is 490 g/mol. The molecule has 1 saturated heterocycles. The zero-order chi connectivity index (χ0) is 21.7. The summed E-state index contributed by atoms with van der Waals surface area (Å²) in [5.74, 6) is 0.373. The molecule has 156 valence electrons. The fourth-order valence-electron chi connectivity index (χ4n) is 2.76. The maximum Gasteiger partial charge on any atom is 0.293 e. The van der Waals surface area contributed by atoms with Crippen LogP contribution in [0.1, 0.15) is 29.3 Å². The molecule has 1 fully saturated rings. The third kappa shape index (κ3) is 5.12. The Morgan fingerprint density at radius 2 is 1.87 bits per heavy atom. The minimum Gasteiger partial charge on any atom is -0.493 e. The summed E-state index contributed by atoms with van der Waals surface area (Å²) in [5.41, 5.74) is 1.13. The first-order chi connectivity index (χ1) is 14.4. The van der Waals surface area contributed by atoms with Crippen LogP contribution in [0.2, 0.25) is 0 Å². The Hall–Kier alpha value is -2.58. The third-order valence-corrected chi connectivity index (χ3v) is 5.72. The van der Waals surface area contributed by atoms with Crippen LogP contribution in [-0.2, 0) is 4.79 Å². The standard InChI is InChI=1S/C22H20BrNO5S/c1-3-10-29-18-9-4-14(11-19(18)28-2)12-20-21(26)24(22(27)30-20)13-17(25)15-5-7-16(23)8-6-15/h4-9,11-12H,3,10,13H2,1-2H3/b20-12-. The van der Waals surface area contributed by atoms with E-state index in [-0.39, 0.29) is 17.2 Å². The minimum absolute atomic E-state index is 0.257. The van der Waals surface area contributed by atoms with Crippen molar-refractivity contribution in [3.05, 3.63) is 63.0 Å². The van der Waals surface area contributed by atoms with Gasteiger partial charge in [-0.2, -0.15) is 0 Å². The van der Waals surface area contributed by atoms with Gasteiger partial charge in [0.1, 0.15) is 0 Å². The second-order valence-electron chi connectivity index (χ2n) is 6.46. The number of halogens is 1. The predicted octanol–water partition coefficient (Wildman–Crippen LogP) is 5.17. The van der Waals surface area contributed by atoms with Crippen LogP contribution < -0.4 is 9.47 Å². The van der Waals surface area contributed by atoms with Crippen LogP contribution in [0.3, 0.4) is 0 Å². The maximum absolute atomic E-state index is 12.7. The monoisotopic (exact) mass is 489 g/mol. The number of rotatable bonds is 8. The van der Waals surface area contributed by atoms with Gasteiger partial charge in [-0.3, -0.25) is 19.3 Å². The average Bonchev–Trinajstić information content (AvgIpc) is 3.00. The topological polar surface area (TPSA) is 72.9 Å². The molecule has 1 aliphatic heterocycles. The first kappa shape index (κ1) is 22.1. The molecule has 0 bridgehead atoms. The molecule has 0 saturated carbocycles. The molecule has 0 radical (unpaired) electrons. The smallest absolute Gasteiger partial charge is 0.293 e. The Morgan fingerprint density at radius 3 is 2.53 bits per heavy atom. The summed E-state index contributed by atoms with van der Waals surface area (Å²) < 4.78 is 11.8. The number of Topliss-reactive ketones (excluding diaryl/α,β-unsaturated/α-hetero) is 1. The molecule has 0 aliphatic carbocycles. The van der Waals surface area contributed by atoms with E-state index in [1.807, 2.05) is 6.92 Å². The Bertz CT molecular complexity index is 1000. The molecule has 2 amide bonds. The summed E-state index contributed by atoms with van der Waals surface area (Å²) >= 11 is 4.13. The van der Waals surface area contributed by atoms with Crippen molar-refractivity contribution in [3.8, 4) is 11.5 Å². The molecule has 1 heterocycles. The molecule has 8 heteroatoms. The third-order valence-electron chi connectivity index (χ3n) is 4.29. The molecule has 3 rings (SSSR count). The van der Waals surface area contributed by atoms with Crippen LogP contribution in [0.15, 0.2) is 51.8 Å². The predicted molar refractivity (Wildman–Crippen MR) is 120 cm³/mol. The summed E-state index contributed by atoms with van der Waals surface area (Å²) in [5, 5.41) is -0.466. The summed E-state index contributed by atoms with van der Waals surface area (Å²) in [7, 11) is 1.54. The van der Waals surface area contributed by atoms with Gasteiger partial charge in [0.05, 0.1) is 25.2 Å². The van der Waals surface area contributed by atoms with Crippen LogP contribution in [0.25, 0.3) is 6.08 Å². The van der Waals surface area contributed by atoms with Crippen LogP contribution in [0.4, 0.5) is 4.79 Å². The van der Waals surface area contributed by atoms with Crippen molar-refractivity contribution in [2.75, 3.05) is 20.3 Å². The van der Waals surface area contributed by atoms with Crippen LogP contribution in [-0.4, -0.2) is 42.1 Å². The maximum atomic E-state index is 12.7. The summed E-state index contributed by atoms with van der Waals surface area (Å²) in [6.07, 6.45) is 2.48. The van der Waals surface area contributed by atoms with Gasteiger partial charge in [-0.1, -0.05) is 41.1 Å². The van der Waals surface area contributed by atoms with Gasteiger partial charge in [-0.25, -0.2) is 0 Å². The number of methoxy groups -OCH3 is 1. The Balaban J connectivity index is 1.76. The van der Waals surface area contributed by atoms with E-state index in [9.17, 15) is 14.4 Å². The molecule has 0 atom stereocenters. The molecule has 0 spiro atoms. The number of amides is 2. The molecule has 2 aromatic carbocycles. The van der Waals surface area contributed by atoms with E-state index >= 15 is 0 Å². The molecular weight excluding hydrogens is 470 g/mol. The zero-order valence-electron chi connectivity index (χ0n) is 16.5. The van der Waals surface area contributed by atoms with Gasteiger partial charge in [0.2, 0.25) is 0 Å². The fourth-order valence-corrected chi connectivity index (χ4v) is 3.87. The highest BCUT2D eigenvalue weighted by Gasteiger charge is 2.36. The second kappa shape index (κ2) is 9.95. The van der Waals surface area contributed by atoms with Crippen molar-refractivity contribution in [2.24, 2.45) is 0 Å². The highest BCUT2D eigenvalue weighted by molar-refractivity contribution is 9.10. The number of thioether (sulfide) groups is 1. The van der Waals surface area contributed by atoms with Crippen LogP contribution in [0, 0.1) is 0 Å². The van der Waals surface area contributed by atoms with E-state index in [0.717, 1.165) is 27.6 Å². The zero-order valence-corrected chi connectivity index (χ0v) is 18.9. The molecule has 0 unspecified atom stereocenters. The van der Waals surface area contributed by atoms with E-state index in [0.29, 0.717) is 29.2 Å². The number of nitrogens with zero attached hydrogens (tertiary/aromatic N) is 1. The van der Waals surface area contributed by atoms with Crippen molar-refractivity contribution in [1.82, 2.24) is 4.90 Å². The number of imide groups is 1. The van der Waals surface area contributed by atoms with E-state index in [1.165, 1.54) is 0 Å². The number of hydrogen-bond donors (Lipinski definition) is 0. The van der Waals surface area contributed by atoms with E-state index in [4.69, 9.17) is 9.47 Å². The summed E-state index contributed by atoms with van der Waals surface area (Å²) in [4.78, 5) is 38.7. The van der Waals surface area contributed by atoms with Crippen LogP contribution >= 0.6 is 27.7 Å². The van der Waals surface area contributed by atoms with Crippen molar-refractivity contribution in [2.45, 2.75) is 13.3 Å². The molecule has 0 aromatic heterocycles. The molecule has 30 heavy (non-hydrogen) atoms. The number of carbonyl (C=O) groups is 3. The Kier molecular flexibility index (Phi) is 7.33. The second-order valence-corrected chi connectivity index (χ2v) is 8.37. The Morgan fingerprint density at radius 1 is 1.13 bits per heavy atom. The van der Waals surface area contributed by atoms with Gasteiger partial charge in [0.15, 0.2) is 17.3 Å². The van der Waals surface area contributed by atoms with Gasteiger partial charge in [0, 0.05) is 10.0 Å². The van der Waals surface area contributed by atoms with Crippen molar-refractivity contribution >= 4 is 50.7 Å². The fraction of sp³-hybridized carbons (Fsp3) is 0.227. The van der Waals surface area contributed by atoms with Crippen molar-refractivity contribution in [1.29, 1.82) is 0 Å². The van der Waals surface area contributed by atoms with E-state index in [1.54, 1.807) is 55.7 Å². The van der Waals surface area contributed by atoms with Gasteiger partial charge in [0.25, 0.3) is 11.1 Å². The number of carbonyl (C=O) groups excluding carboxylic acids is 3. The van der Waals surface area contributed by atoms with Gasteiger partial charge >= 0.3 is 0 Å². The normalized spacial score (nSPS) is 15.0. The minimum atomic E-state index is -0.485. The first-order valence-electron chi connectivity index (χ1n) is 9.28. The highest BCUT2D eigenvalue weighted by atomic mass is 79.9. The van der Waals surface area contributed by atoms with Gasteiger partial charge < -0.3 is 9.47 Å². The lowest BCUT2D eigenvalue weighted by Crippen LogP contribution is -2.33. The van der Waals surface area contributed by atoms with Gasteiger partial charge in [-0.15, -0.1) is 0 Å². The first-order valence-corrected chi connectivity index (χ1v) is 10.9. The molecule has 2 aromatic rings. The number of ether oxygens (including phenoxy) is 2. The number of benzene rings is 2. The summed E-state index contributed by atoms with van der Waals surface area (Å²) in [6.45, 7) is 2.29. The van der Waals surface area contributed by atoms with E-state index in [2.05, 4.69) is 15.9 Å². The largest absolute Gasteiger partial charge is 0.493 e. The quantitative estimate of drug-likeness (QED) is 0.376. The number of hydrogen-bond acceptors (Lipinski definition) is 6. The van der Waals surface area contributed by atoms with Crippen molar-refractivity contribution in [3.63, 3.8) is 0 Å². The molecule has 6 nitrogen and oxygen atoms in total. The molecular formula is C22H20BrNO5S. The van der Waals surface area contributed by atoms with Crippen LogP contribution in [0.5, 0.6) is 11.5 Å². The van der Waals surface area contributed by atoms with Gasteiger partial charge in [-0.05, 0) is 54.1 Å². The SMILES string of the molecule is CCCOc1ccc(/C=C2\SC(=O)N(CC(=O)c3ccc(Br)cc3)C2=O)cc1OC. The Labute approximate surface area is 187 Å². The molecule has 0 N–H and O–H groups in total. The summed E-state index contributed by atoms with van der Waals surface area (Å²) in [6, 6.07) is 12.1. The molecule has 1 aliphatic rings. The highest BCUT2D eigenvalue weighted by Crippen LogP contribution is 2.34. The lowest BCUT2D eigenvalue weighted by atomic mass is 10.1. The lowest BCUT2D eigenvalue weighted by Gasteiger charge is -2.11. The van der Waals surface area contributed by atoms with E-state index < -0.39 is 11.1 Å².